The lowest BCUT2D eigenvalue weighted by molar-refractivity contribution is -0.150. The SMILES string of the molecule is COC(=O)C(O)Cc1[nH]ncc1Br. The van der Waals surface area contributed by atoms with Crippen molar-refractivity contribution in [2.24, 2.45) is 0 Å². The average Bonchev–Trinajstić information content (AvgIpc) is 2.50. The molecule has 0 radical (unpaired) electrons. The Morgan fingerprint density at radius 1 is 1.92 bits per heavy atom. The molecule has 0 saturated heterocycles. The van der Waals surface area contributed by atoms with Crippen LogP contribution in [0.3, 0.4) is 0 Å². The van der Waals surface area contributed by atoms with Crippen molar-refractivity contribution in [3.8, 4) is 0 Å². The van der Waals surface area contributed by atoms with Crippen molar-refractivity contribution in [1.82, 2.24) is 10.2 Å². The fourth-order valence-electron chi connectivity index (χ4n) is 0.854. The minimum absolute atomic E-state index is 0.160. The molecule has 0 bridgehead atoms. The number of nitrogens with one attached hydrogen (secondary N) is 1. The molecule has 72 valence electrons. The predicted octanol–water partition coefficient (Wildman–Crippen LogP) is 0.249. The van der Waals surface area contributed by atoms with E-state index in [1.54, 1.807) is 6.20 Å². The fraction of sp³-hybridized carbons (Fsp3) is 0.429. The second kappa shape index (κ2) is 4.38. The lowest BCUT2D eigenvalue weighted by Gasteiger charge is -2.06. The Bertz CT molecular complexity index is 300. The number of esters is 1. The van der Waals surface area contributed by atoms with Crippen LogP contribution in [0, 0.1) is 0 Å². The normalized spacial score (nSPS) is 12.5. The molecule has 1 aromatic rings. The zero-order valence-electron chi connectivity index (χ0n) is 6.95. The first kappa shape index (κ1) is 10.2. The minimum Gasteiger partial charge on any atom is -0.467 e. The van der Waals surface area contributed by atoms with Gasteiger partial charge in [-0.3, -0.25) is 5.10 Å². The van der Waals surface area contributed by atoms with Crippen molar-refractivity contribution in [3.05, 3.63) is 16.4 Å². The highest BCUT2D eigenvalue weighted by Gasteiger charge is 2.17. The van der Waals surface area contributed by atoms with Crippen LogP contribution in [0.25, 0.3) is 0 Å². The molecule has 0 saturated carbocycles. The van der Waals surface area contributed by atoms with E-state index >= 15 is 0 Å². The Kier molecular flexibility index (Phi) is 3.44. The third-order valence-electron chi connectivity index (χ3n) is 1.54. The summed E-state index contributed by atoms with van der Waals surface area (Å²) >= 11 is 3.21. The van der Waals surface area contributed by atoms with Gasteiger partial charge < -0.3 is 9.84 Å². The highest BCUT2D eigenvalue weighted by atomic mass is 79.9. The van der Waals surface area contributed by atoms with E-state index < -0.39 is 12.1 Å². The smallest absolute Gasteiger partial charge is 0.335 e. The van der Waals surface area contributed by atoms with Gasteiger partial charge in [-0.25, -0.2) is 4.79 Å². The molecular weight excluding hydrogens is 240 g/mol. The summed E-state index contributed by atoms with van der Waals surface area (Å²) in [6.07, 6.45) is 0.564. The van der Waals surface area contributed by atoms with E-state index in [1.165, 1.54) is 7.11 Å². The molecule has 0 spiro atoms. The van der Waals surface area contributed by atoms with Crippen LogP contribution in [-0.4, -0.2) is 34.5 Å². The first-order chi connectivity index (χ1) is 6.15. The Hall–Kier alpha value is -0.880. The van der Waals surface area contributed by atoms with Gasteiger partial charge in [-0.1, -0.05) is 0 Å². The van der Waals surface area contributed by atoms with Gasteiger partial charge in [-0.05, 0) is 15.9 Å². The van der Waals surface area contributed by atoms with Gasteiger partial charge in [-0.15, -0.1) is 0 Å². The molecule has 0 aliphatic heterocycles. The van der Waals surface area contributed by atoms with Crippen LogP contribution < -0.4 is 0 Å². The third kappa shape index (κ3) is 2.53. The molecule has 0 amide bonds. The van der Waals surface area contributed by atoms with Crippen molar-refractivity contribution < 1.29 is 14.6 Å². The van der Waals surface area contributed by atoms with E-state index in [1.807, 2.05) is 0 Å². The highest BCUT2D eigenvalue weighted by Crippen LogP contribution is 2.14. The van der Waals surface area contributed by atoms with Crippen LogP contribution >= 0.6 is 15.9 Å². The van der Waals surface area contributed by atoms with Crippen molar-refractivity contribution >= 4 is 21.9 Å². The second-order valence-electron chi connectivity index (χ2n) is 2.44. The quantitative estimate of drug-likeness (QED) is 0.753. The summed E-state index contributed by atoms with van der Waals surface area (Å²) < 4.78 is 5.09. The molecule has 1 aromatic heterocycles. The minimum atomic E-state index is -1.15. The maximum atomic E-state index is 10.8. The molecule has 2 N–H and O–H groups in total. The van der Waals surface area contributed by atoms with Gasteiger partial charge in [0.2, 0.25) is 0 Å². The molecule has 5 nitrogen and oxygen atoms in total. The highest BCUT2D eigenvalue weighted by molar-refractivity contribution is 9.10. The van der Waals surface area contributed by atoms with Crippen LogP contribution in [0.15, 0.2) is 10.7 Å². The lowest BCUT2D eigenvalue weighted by Crippen LogP contribution is -2.24. The Morgan fingerprint density at radius 3 is 3.08 bits per heavy atom. The van der Waals surface area contributed by atoms with Gasteiger partial charge in [0.15, 0.2) is 6.10 Å². The first-order valence-corrected chi connectivity index (χ1v) is 4.38. The Labute approximate surface area is 83.2 Å². The molecule has 1 rings (SSSR count). The molecule has 1 heterocycles. The van der Waals surface area contributed by atoms with E-state index in [9.17, 15) is 9.90 Å². The summed E-state index contributed by atoms with van der Waals surface area (Å²) in [5.41, 5.74) is 0.665. The number of aliphatic hydroxyl groups excluding tert-OH is 1. The number of aromatic amines is 1. The number of H-pyrrole nitrogens is 1. The van der Waals surface area contributed by atoms with Crippen molar-refractivity contribution in [3.63, 3.8) is 0 Å². The van der Waals surface area contributed by atoms with E-state index in [4.69, 9.17) is 0 Å². The van der Waals surface area contributed by atoms with E-state index in [0.717, 1.165) is 4.47 Å². The van der Waals surface area contributed by atoms with Gasteiger partial charge in [0, 0.05) is 6.42 Å². The van der Waals surface area contributed by atoms with E-state index in [-0.39, 0.29) is 6.42 Å². The zero-order chi connectivity index (χ0) is 9.84. The van der Waals surface area contributed by atoms with Crippen LogP contribution in [0.2, 0.25) is 0 Å². The molecule has 6 heteroatoms. The molecular formula is C7H9BrN2O3. The standard InChI is InChI=1S/C7H9BrN2O3/c1-13-7(12)6(11)2-5-4(8)3-9-10-5/h3,6,11H,2H2,1H3,(H,9,10). The number of methoxy groups -OCH3 is 1. The first-order valence-electron chi connectivity index (χ1n) is 3.58. The average molecular weight is 249 g/mol. The summed E-state index contributed by atoms with van der Waals surface area (Å²) in [6.45, 7) is 0. The van der Waals surface area contributed by atoms with Crippen molar-refractivity contribution in [2.45, 2.75) is 12.5 Å². The van der Waals surface area contributed by atoms with Crippen LogP contribution in [0.1, 0.15) is 5.69 Å². The monoisotopic (exact) mass is 248 g/mol. The van der Waals surface area contributed by atoms with Crippen LogP contribution in [-0.2, 0) is 16.0 Å². The number of hydrogen-bond donors (Lipinski definition) is 2. The van der Waals surface area contributed by atoms with E-state index in [2.05, 4.69) is 30.9 Å². The van der Waals surface area contributed by atoms with Gasteiger partial charge in [0.25, 0.3) is 0 Å². The number of aromatic nitrogens is 2. The van der Waals surface area contributed by atoms with Crippen LogP contribution in [0.4, 0.5) is 0 Å². The Morgan fingerprint density at radius 2 is 2.62 bits per heavy atom. The van der Waals surface area contributed by atoms with Gasteiger partial charge in [-0.2, -0.15) is 5.10 Å². The number of halogens is 1. The molecule has 0 fully saturated rings. The largest absolute Gasteiger partial charge is 0.467 e. The van der Waals surface area contributed by atoms with Gasteiger partial charge in [0.1, 0.15) is 0 Å². The number of hydrogen-bond acceptors (Lipinski definition) is 4. The summed E-state index contributed by atoms with van der Waals surface area (Å²) in [4.78, 5) is 10.8. The number of rotatable bonds is 3. The maximum Gasteiger partial charge on any atom is 0.335 e. The number of carbonyl (C=O) groups is 1. The molecule has 0 aliphatic carbocycles. The number of carbonyl (C=O) groups excluding carboxylic acids is 1. The summed E-state index contributed by atoms with van der Waals surface area (Å²) in [5, 5.41) is 15.6. The molecule has 0 aromatic carbocycles. The zero-order valence-corrected chi connectivity index (χ0v) is 8.54. The summed E-state index contributed by atoms with van der Waals surface area (Å²) in [7, 11) is 1.23. The van der Waals surface area contributed by atoms with Crippen molar-refractivity contribution in [1.29, 1.82) is 0 Å². The van der Waals surface area contributed by atoms with Gasteiger partial charge in [0.05, 0.1) is 23.5 Å². The second-order valence-corrected chi connectivity index (χ2v) is 3.29. The third-order valence-corrected chi connectivity index (χ3v) is 2.22. The maximum absolute atomic E-state index is 10.8. The predicted molar refractivity (Wildman–Crippen MR) is 48.0 cm³/mol. The number of nitrogens with zero attached hydrogens (tertiary/aromatic N) is 1. The molecule has 1 atom stereocenters. The van der Waals surface area contributed by atoms with Crippen LogP contribution in [0.5, 0.6) is 0 Å². The van der Waals surface area contributed by atoms with Gasteiger partial charge >= 0.3 is 5.97 Å². The van der Waals surface area contributed by atoms with Crippen molar-refractivity contribution in [2.75, 3.05) is 7.11 Å². The number of aliphatic hydroxyl groups is 1. The Balaban J connectivity index is 2.59. The topological polar surface area (TPSA) is 75.2 Å². The number of ether oxygens (including phenoxy) is 1. The summed E-state index contributed by atoms with van der Waals surface area (Å²) in [6, 6.07) is 0. The molecule has 0 aliphatic rings. The lowest BCUT2D eigenvalue weighted by atomic mass is 10.2. The summed E-state index contributed by atoms with van der Waals surface area (Å²) in [5.74, 6) is -0.651. The fourth-order valence-corrected chi connectivity index (χ4v) is 1.21. The molecule has 1 unspecified atom stereocenters. The molecule has 13 heavy (non-hydrogen) atoms. The van der Waals surface area contributed by atoms with E-state index in [0.29, 0.717) is 5.69 Å².